The van der Waals surface area contributed by atoms with Gasteiger partial charge in [-0.2, -0.15) is 47.5 Å². The monoisotopic (exact) mass is 752 g/mol. The molecule has 6 aromatic carbocycles. The Bertz CT molecular complexity index is 1840. The van der Waals surface area contributed by atoms with E-state index in [9.17, 15) is 0 Å². The molecule has 0 fully saturated rings. The first-order valence-corrected chi connectivity index (χ1v) is 17.2. The Kier molecular flexibility index (Phi) is 13.7. The molecular formula is C43H41Cl3Zr-2. The second-order valence-corrected chi connectivity index (χ2v) is 15.4. The first-order chi connectivity index (χ1) is 21.4. The minimum absolute atomic E-state index is 0. The van der Waals surface area contributed by atoms with E-state index in [0.717, 1.165) is 11.4 Å². The quantitative estimate of drug-likeness (QED) is 0.200. The van der Waals surface area contributed by atoms with Crippen LogP contribution in [0, 0.1) is 6.07 Å². The molecule has 0 bridgehead atoms. The Labute approximate surface area is 314 Å². The van der Waals surface area contributed by atoms with Crippen LogP contribution in [0.2, 0.25) is 5.02 Å². The van der Waals surface area contributed by atoms with Crippen molar-refractivity contribution in [3.05, 3.63) is 172 Å². The SMILES string of the molecule is CC(C)(C)c1c[c-]c2c(c1)-c1cc(C(C)(C)C)ccc1C2.Clc1cccc([C](=[Zr+2])c2cccc3ccccc23)c1.[Cl-].[Cl-].c1cc[cH-]c1. The topological polar surface area (TPSA) is 0 Å². The third kappa shape index (κ3) is 9.71. The van der Waals surface area contributed by atoms with Crippen molar-refractivity contribution in [2.45, 2.75) is 58.8 Å². The van der Waals surface area contributed by atoms with Gasteiger partial charge in [0.25, 0.3) is 0 Å². The largest absolute Gasteiger partial charge is 1.00 e. The molecule has 7 rings (SSSR count). The van der Waals surface area contributed by atoms with Gasteiger partial charge in [-0.3, -0.25) is 0 Å². The molecule has 0 N–H and O–H groups in total. The molecule has 0 nitrogen and oxygen atoms in total. The Morgan fingerprint density at radius 3 is 1.98 bits per heavy atom. The standard InChI is InChI=1S/C21H25.C17H11Cl.C5H5.2ClH.Zr/c1-20(2,3)16-9-7-14-11-15-8-10-17(21(4,5)6)13-19(15)18(14)12-16;18-16-9-3-5-13(12-16)11-15-8-4-7-14-6-1-2-10-17(14)15;1-2-4-5-3-1;;;/h7,9-10,12-13H,11H2,1-6H3;1-10,12H;1-5H;2*1H;/q-1;;-1;;;+2/p-2. The summed E-state index contributed by atoms with van der Waals surface area (Å²) in [6, 6.07) is 48.1. The van der Waals surface area contributed by atoms with Gasteiger partial charge in [-0.1, -0.05) is 76.3 Å². The molecule has 1 aliphatic carbocycles. The van der Waals surface area contributed by atoms with Crippen LogP contribution in [0.15, 0.2) is 127 Å². The fraction of sp³-hybridized carbons (Fsp3) is 0.209. The summed E-state index contributed by atoms with van der Waals surface area (Å²) in [5.74, 6) is 0. The van der Waals surface area contributed by atoms with Crippen molar-refractivity contribution in [2.75, 3.05) is 0 Å². The van der Waals surface area contributed by atoms with Gasteiger partial charge in [0.15, 0.2) is 0 Å². The molecule has 0 spiro atoms. The van der Waals surface area contributed by atoms with Crippen molar-refractivity contribution in [1.82, 2.24) is 0 Å². The molecule has 0 amide bonds. The minimum atomic E-state index is 0. The van der Waals surface area contributed by atoms with E-state index in [2.05, 4.69) is 126 Å². The van der Waals surface area contributed by atoms with E-state index in [1.54, 1.807) is 0 Å². The van der Waals surface area contributed by atoms with Gasteiger partial charge in [-0.25, -0.2) is 12.1 Å². The van der Waals surface area contributed by atoms with Gasteiger partial charge >= 0.3 is 133 Å². The predicted molar refractivity (Wildman–Crippen MR) is 192 cm³/mol. The van der Waals surface area contributed by atoms with Gasteiger partial charge in [-0.05, 0) is 17.4 Å². The van der Waals surface area contributed by atoms with Crippen LogP contribution >= 0.6 is 11.6 Å². The average Bonchev–Trinajstić information content (AvgIpc) is 3.71. The van der Waals surface area contributed by atoms with Crippen LogP contribution in [-0.2, 0) is 41.5 Å². The van der Waals surface area contributed by atoms with Crippen molar-refractivity contribution in [3.8, 4) is 11.1 Å². The number of halogens is 3. The van der Waals surface area contributed by atoms with Crippen LogP contribution < -0.4 is 24.8 Å². The number of benzene rings is 5. The molecule has 240 valence electrons. The van der Waals surface area contributed by atoms with Crippen molar-refractivity contribution in [3.63, 3.8) is 0 Å². The van der Waals surface area contributed by atoms with Crippen LogP contribution in [0.5, 0.6) is 0 Å². The molecule has 4 heteroatoms. The average molecular weight is 755 g/mol. The van der Waals surface area contributed by atoms with Gasteiger partial charge in [0.1, 0.15) is 0 Å². The maximum absolute atomic E-state index is 6.09. The van der Waals surface area contributed by atoms with E-state index in [1.807, 2.05) is 48.5 Å². The Balaban J connectivity index is 0.000000215. The van der Waals surface area contributed by atoms with Crippen LogP contribution in [0.25, 0.3) is 21.9 Å². The number of fused-ring (bicyclic) bond motifs is 4. The van der Waals surface area contributed by atoms with E-state index >= 15 is 0 Å². The summed E-state index contributed by atoms with van der Waals surface area (Å²) >= 11 is 7.49. The predicted octanol–water partition coefficient (Wildman–Crippen LogP) is 5.68. The normalized spacial score (nSPS) is 11.4. The van der Waals surface area contributed by atoms with E-state index in [0.29, 0.717) is 0 Å². The first-order valence-electron chi connectivity index (χ1n) is 15.6. The van der Waals surface area contributed by atoms with E-state index in [-0.39, 0.29) is 35.6 Å². The molecule has 0 aliphatic heterocycles. The molecule has 6 aromatic rings. The summed E-state index contributed by atoms with van der Waals surface area (Å²) in [6.45, 7) is 13.6. The summed E-state index contributed by atoms with van der Waals surface area (Å²) < 4.78 is 1.34. The third-order valence-electron chi connectivity index (χ3n) is 8.25. The Hall–Kier alpha value is -2.67. The fourth-order valence-electron chi connectivity index (χ4n) is 5.55. The van der Waals surface area contributed by atoms with E-state index in [4.69, 9.17) is 11.6 Å². The molecule has 0 radical (unpaired) electrons. The number of rotatable bonds is 2. The maximum Gasteiger partial charge on any atom is -0.172 e. The molecular weight excluding hydrogens is 714 g/mol. The summed E-state index contributed by atoms with van der Waals surface area (Å²) in [7, 11) is 0. The van der Waals surface area contributed by atoms with Crippen LogP contribution in [0.1, 0.15) is 74.9 Å². The second kappa shape index (κ2) is 16.6. The zero-order chi connectivity index (χ0) is 32.2. The molecule has 0 heterocycles. The van der Waals surface area contributed by atoms with Crippen LogP contribution in [0.3, 0.4) is 0 Å². The van der Waals surface area contributed by atoms with Crippen molar-refractivity contribution in [1.29, 1.82) is 0 Å². The molecule has 0 saturated heterocycles. The maximum atomic E-state index is 6.09. The Morgan fingerprint density at radius 1 is 0.702 bits per heavy atom. The van der Waals surface area contributed by atoms with Crippen molar-refractivity contribution >= 4 is 25.6 Å². The summed E-state index contributed by atoms with van der Waals surface area (Å²) in [4.78, 5) is 0. The van der Waals surface area contributed by atoms with Gasteiger partial charge in [-0.15, -0.1) is 5.56 Å². The van der Waals surface area contributed by atoms with E-state index < -0.39 is 0 Å². The zero-order valence-electron chi connectivity index (χ0n) is 28.0. The molecule has 0 unspecified atom stereocenters. The van der Waals surface area contributed by atoms with Crippen molar-refractivity contribution in [2.24, 2.45) is 0 Å². The zero-order valence-corrected chi connectivity index (χ0v) is 32.7. The van der Waals surface area contributed by atoms with Crippen LogP contribution in [-0.4, -0.2) is 3.21 Å². The van der Waals surface area contributed by atoms with Gasteiger partial charge in [0.2, 0.25) is 0 Å². The molecule has 0 atom stereocenters. The summed E-state index contributed by atoms with van der Waals surface area (Å²) in [6.07, 6.45) is 1.03. The summed E-state index contributed by atoms with van der Waals surface area (Å²) in [5, 5.41) is 3.37. The van der Waals surface area contributed by atoms with Gasteiger partial charge in [0.05, 0.1) is 0 Å². The molecule has 0 saturated carbocycles. The summed E-state index contributed by atoms with van der Waals surface area (Å²) in [5.41, 5.74) is 11.3. The van der Waals surface area contributed by atoms with Gasteiger partial charge in [0, 0.05) is 0 Å². The fourth-order valence-corrected chi connectivity index (χ4v) is 6.66. The smallest absolute Gasteiger partial charge is 0.172 e. The molecule has 47 heavy (non-hydrogen) atoms. The minimum Gasteiger partial charge on any atom is -1.00 e. The first kappa shape index (κ1) is 38.8. The molecule has 0 aromatic heterocycles. The number of hydrogen-bond donors (Lipinski definition) is 0. The second-order valence-electron chi connectivity index (χ2n) is 13.7. The molecule has 1 aliphatic rings. The number of hydrogen-bond acceptors (Lipinski definition) is 0. The Morgan fingerprint density at radius 2 is 1.34 bits per heavy atom. The van der Waals surface area contributed by atoms with Crippen LogP contribution in [0.4, 0.5) is 0 Å². The third-order valence-corrected chi connectivity index (χ3v) is 9.86. The van der Waals surface area contributed by atoms with E-state index in [1.165, 1.54) is 82.7 Å². The van der Waals surface area contributed by atoms with Gasteiger partial charge < -0.3 is 24.8 Å². The van der Waals surface area contributed by atoms with Crippen molar-refractivity contribution < 1.29 is 49.0 Å².